The van der Waals surface area contributed by atoms with Gasteiger partial charge < -0.3 is 5.73 Å². The molecule has 0 bridgehead atoms. The molecule has 104 valence electrons. The van der Waals surface area contributed by atoms with Gasteiger partial charge in [-0.1, -0.05) is 20.8 Å². The maximum Gasteiger partial charge on any atom is 0.0767 e. The van der Waals surface area contributed by atoms with Crippen LogP contribution in [-0.4, -0.2) is 34.8 Å². The lowest BCUT2D eigenvalue weighted by atomic mass is 9.93. The van der Waals surface area contributed by atoms with Crippen LogP contribution in [0.3, 0.4) is 0 Å². The van der Waals surface area contributed by atoms with Crippen molar-refractivity contribution in [1.82, 2.24) is 14.7 Å². The van der Waals surface area contributed by atoms with Crippen molar-refractivity contribution in [2.75, 3.05) is 20.1 Å². The average molecular weight is 317 g/mol. The van der Waals surface area contributed by atoms with Crippen molar-refractivity contribution < 1.29 is 0 Å². The SMILES string of the molecule is CCc1nn(C)c(CN(C)CC(C)(C)CN)c1Br. The summed E-state index contributed by atoms with van der Waals surface area (Å²) in [5.74, 6) is 0. The summed E-state index contributed by atoms with van der Waals surface area (Å²) in [6.07, 6.45) is 0.951. The summed E-state index contributed by atoms with van der Waals surface area (Å²) in [6.45, 7) is 9.07. The summed E-state index contributed by atoms with van der Waals surface area (Å²) >= 11 is 3.65. The molecule has 1 aromatic rings. The van der Waals surface area contributed by atoms with Gasteiger partial charge in [-0.15, -0.1) is 0 Å². The highest BCUT2D eigenvalue weighted by molar-refractivity contribution is 9.10. The first-order valence-corrected chi connectivity index (χ1v) is 7.19. The molecule has 0 aliphatic heterocycles. The Balaban J connectivity index is 2.76. The average Bonchev–Trinajstić information content (AvgIpc) is 2.56. The van der Waals surface area contributed by atoms with E-state index in [4.69, 9.17) is 5.73 Å². The van der Waals surface area contributed by atoms with Crippen molar-refractivity contribution >= 4 is 15.9 Å². The van der Waals surface area contributed by atoms with E-state index in [2.05, 4.69) is 53.7 Å². The van der Waals surface area contributed by atoms with Crippen LogP contribution in [0.4, 0.5) is 0 Å². The number of rotatable bonds is 6. The molecule has 4 nitrogen and oxygen atoms in total. The summed E-state index contributed by atoms with van der Waals surface area (Å²) in [7, 11) is 4.13. The van der Waals surface area contributed by atoms with Gasteiger partial charge in [-0.2, -0.15) is 5.10 Å². The molecule has 1 heterocycles. The van der Waals surface area contributed by atoms with E-state index in [-0.39, 0.29) is 5.41 Å². The van der Waals surface area contributed by atoms with E-state index in [1.807, 2.05) is 11.7 Å². The van der Waals surface area contributed by atoms with Crippen LogP contribution >= 0.6 is 15.9 Å². The molecule has 0 saturated carbocycles. The zero-order valence-corrected chi connectivity index (χ0v) is 13.7. The Hall–Kier alpha value is -0.390. The number of hydrogen-bond donors (Lipinski definition) is 1. The molecule has 18 heavy (non-hydrogen) atoms. The molecule has 0 atom stereocenters. The third kappa shape index (κ3) is 3.80. The highest BCUT2D eigenvalue weighted by atomic mass is 79.9. The second-order valence-electron chi connectivity index (χ2n) is 5.73. The molecule has 5 heteroatoms. The van der Waals surface area contributed by atoms with Crippen LogP contribution in [0, 0.1) is 5.41 Å². The van der Waals surface area contributed by atoms with Gasteiger partial charge in [-0.05, 0) is 41.4 Å². The van der Waals surface area contributed by atoms with E-state index in [1.165, 1.54) is 5.69 Å². The summed E-state index contributed by atoms with van der Waals surface area (Å²) in [4.78, 5) is 2.30. The summed E-state index contributed by atoms with van der Waals surface area (Å²) in [5, 5.41) is 4.52. The molecule has 0 saturated heterocycles. The maximum absolute atomic E-state index is 5.78. The zero-order chi connectivity index (χ0) is 13.9. The summed E-state index contributed by atoms with van der Waals surface area (Å²) < 4.78 is 3.11. The van der Waals surface area contributed by atoms with E-state index in [0.717, 1.165) is 29.7 Å². The molecular weight excluding hydrogens is 292 g/mol. The molecule has 1 rings (SSSR count). The van der Waals surface area contributed by atoms with Gasteiger partial charge in [0.1, 0.15) is 0 Å². The topological polar surface area (TPSA) is 47.1 Å². The first-order chi connectivity index (χ1) is 8.30. The predicted molar refractivity (Wildman–Crippen MR) is 79.5 cm³/mol. The van der Waals surface area contributed by atoms with Gasteiger partial charge in [0.05, 0.1) is 15.9 Å². The van der Waals surface area contributed by atoms with Gasteiger partial charge in [0.2, 0.25) is 0 Å². The van der Waals surface area contributed by atoms with Crippen LogP contribution in [0.25, 0.3) is 0 Å². The second kappa shape index (κ2) is 6.17. The lowest BCUT2D eigenvalue weighted by Crippen LogP contribution is -2.36. The van der Waals surface area contributed by atoms with Crippen molar-refractivity contribution in [3.8, 4) is 0 Å². The highest BCUT2D eigenvalue weighted by Gasteiger charge is 2.20. The van der Waals surface area contributed by atoms with E-state index in [1.54, 1.807) is 0 Å². The molecule has 0 amide bonds. The fourth-order valence-corrected chi connectivity index (χ4v) is 2.84. The smallest absolute Gasteiger partial charge is 0.0767 e. The number of halogens is 1. The molecule has 0 fully saturated rings. The Morgan fingerprint density at radius 1 is 1.44 bits per heavy atom. The second-order valence-corrected chi connectivity index (χ2v) is 6.52. The van der Waals surface area contributed by atoms with Crippen LogP contribution in [0.1, 0.15) is 32.2 Å². The third-order valence-electron chi connectivity index (χ3n) is 3.17. The van der Waals surface area contributed by atoms with Crippen molar-refractivity contribution in [3.05, 3.63) is 15.9 Å². The zero-order valence-electron chi connectivity index (χ0n) is 12.1. The summed E-state index contributed by atoms with van der Waals surface area (Å²) in [5.41, 5.74) is 8.27. The Kier molecular flexibility index (Phi) is 5.37. The van der Waals surface area contributed by atoms with Gasteiger partial charge >= 0.3 is 0 Å². The Labute approximate surface area is 119 Å². The maximum atomic E-state index is 5.78. The van der Waals surface area contributed by atoms with Crippen LogP contribution in [0.2, 0.25) is 0 Å². The number of hydrogen-bond acceptors (Lipinski definition) is 3. The molecule has 0 aromatic carbocycles. The van der Waals surface area contributed by atoms with Crippen LogP contribution in [0.5, 0.6) is 0 Å². The first kappa shape index (κ1) is 15.7. The van der Waals surface area contributed by atoms with Crippen molar-refractivity contribution in [2.45, 2.75) is 33.7 Å². The van der Waals surface area contributed by atoms with E-state index in [0.29, 0.717) is 6.54 Å². The van der Waals surface area contributed by atoms with Gasteiger partial charge in [-0.3, -0.25) is 9.58 Å². The molecule has 0 spiro atoms. The van der Waals surface area contributed by atoms with Gasteiger partial charge in [-0.25, -0.2) is 0 Å². The van der Waals surface area contributed by atoms with Crippen LogP contribution in [0.15, 0.2) is 4.47 Å². The number of nitrogens with zero attached hydrogens (tertiary/aromatic N) is 3. The van der Waals surface area contributed by atoms with Crippen molar-refractivity contribution in [3.63, 3.8) is 0 Å². The number of aromatic nitrogens is 2. The third-order valence-corrected chi connectivity index (χ3v) is 4.09. The number of aryl methyl sites for hydroxylation is 2. The Morgan fingerprint density at radius 2 is 2.06 bits per heavy atom. The summed E-state index contributed by atoms with van der Waals surface area (Å²) in [6, 6.07) is 0. The fourth-order valence-electron chi connectivity index (χ4n) is 2.10. The van der Waals surface area contributed by atoms with Gasteiger partial charge in [0.15, 0.2) is 0 Å². The van der Waals surface area contributed by atoms with Crippen molar-refractivity contribution in [2.24, 2.45) is 18.2 Å². The van der Waals surface area contributed by atoms with Gasteiger partial charge in [0, 0.05) is 20.1 Å². The Morgan fingerprint density at radius 3 is 2.50 bits per heavy atom. The molecule has 0 aliphatic carbocycles. The quantitative estimate of drug-likeness (QED) is 0.875. The predicted octanol–water partition coefficient (Wildman–Crippen LogP) is 2.16. The van der Waals surface area contributed by atoms with Gasteiger partial charge in [0.25, 0.3) is 0 Å². The fraction of sp³-hybridized carbons (Fsp3) is 0.769. The lowest BCUT2D eigenvalue weighted by Gasteiger charge is -2.29. The van der Waals surface area contributed by atoms with E-state index < -0.39 is 0 Å². The molecule has 2 N–H and O–H groups in total. The van der Waals surface area contributed by atoms with E-state index >= 15 is 0 Å². The number of nitrogens with two attached hydrogens (primary N) is 1. The van der Waals surface area contributed by atoms with Crippen LogP contribution < -0.4 is 5.73 Å². The Bertz CT molecular complexity index is 398. The standard InChI is InChI=1S/C13H25BrN4/c1-6-10-12(14)11(18(5)16-10)7-17(4)9-13(2,3)8-15/h6-9,15H2,1-5H3. The minimum absolute atomic E-state index is 0.146. The largest absolute Gasteiger partial charge is 0.330 e. The normalized spacial score (nSPS) is 12.4. The minimum Gasteiger partial charge on any atom is -0.330 e. The molecule has 1 aromatic heterocycles. The van der Waals surface area contributed by atoms with E-state index in [9.17, 15) is 0 Å². The highest BCUT2D eigenvalue weighted by Crippen LogP contribution is 2.23. The van der Waals surface area contributed by atoms with Crippen LogP contribution in [-0.2, 0) is 20.0 Å². The first-order valence-electron chi connectivity index (χ1n) is 6.39. The molecule has 0 unspecified atom stereocenters. The molecule has 0 radical (unpaired) electrons. The molecular formula is C13H25BrN4. The monoisotopic (exact) mass is 316 g/mol. The molecule has 0 aliphatic rings. The minimum atomic E-state index is 0.146. The van der Waals surface area contributed by atoms with Crippen molar-refractivity contribution in [1.29, 1.82) is 0 Å². The lowest BCUT2D eigenvalue weighted by molar-refractivity contribution is 0.206.